The molecule has 0 fully saturated rings. The van der Waals surface area contributed by atoms with E-state index in [1.54, 1.807) is 6.07 Å². The zero-order chi connectivity index (χ0) is 9.97. The zero-order valence-corrected chi connectivity index (χ0v) is 7.35. The lowest BCUT2D eigenvalue weighted by atomic mass is 10.1. The van der Waals surface area contributed by atoms with Crippen molar-refractivity contribution in [1.82, 2.24) is 0 Å². The topological polar surface area (TPSA) is 58.0 Å². The molecule has 0 aliphatic carbocycles. The lowest BCUT2D eigenvalue weighted by molar-refractivity contribution is 0.241. The highest BCUT2D eigenvalue weighted by Crippen LogP contribution is 2.29. The first kappa shape index (κ1) is 8.84. The van der Waals surface area contributed by atoms with Crippen molar-refractivity contribution in [2.75, 3.05) is 6.54 Å². The summed E-state index contributed by atoms with van der Waals surface area (Å²) >= 11 is 0. The average molecular weight is 193 g/mol. The number of halogens is 1. The van der Waals surface area contributed by atoms with Crippen molar-refractivity contribution >= 4 is 0 Å². The third kappa shape index (κ3) is 1.63. The molecule has 0 aromatic heterocycles. The van der Waals surface area contributed by atoms with Gasteiger partial charge in [0.25, 0.3) is 0 Å². The highest BCUT2D eigenvalue weighted by Gasteiger charge is 2.22. The molecule has 1 aromatic rings. The van der Waals surface area contributed by atoms with Crippen molar-refractivity contribution < 1.29 is 9.13 Å². The smallest absolute Gasteiger partial charge is 0.123 e. The van der Waals surface area contributed by atoms with E-state index in [0.29, 0.717) is 12.2 Å². The summed E-state index contributed by atoms with van der Waals surface area (Å²) in [5.74, 6) is 0.418. The second-order valence-electron chi connectivity index (χ2n) is 3.11. The molecule has 0 radical (unpaired) electrons. The standard InChI is InChI=1S/C9H8FN3O/c10-7-1-2-9-6(3-7)4-8(14-9)5-12-13-11/h1-3,8H,4-5H2/t8-/m1/s1. The molecule has 0 unspecified atom stereocenters. The van der Waals surface area contributed by atoms with Crippen molar-refractivity contribution in [1.29, 1.82) is 0 Å². The van der Waals surface area contributed by atoms with E-state index < -0.39 is 0 Å². The van der Waals surface area contributed by atoms with Crippen LogP contribution in [0.15, 0.2) is 23.3 Å². The fourth-order valence-corrected chi connectivity index (χ4v) is 1.52. The Hall–Kier alpha value is -1.74. The van der Waals surface area contributed by atoms with Crippen LogP contribution in [0.5, 0.6) is 5.75 Å². The molecule has 1 atom stereocenters. The molecule has 72 valence electrons. The Morgan fingerprint density at radius 3 is 3.29 bits per heavy atom. The van der Waals surface area contributed by atoms with E-state index in [0.717, 1.165) is 5.56 Å². The number of ether oxygens (including phenoxy) is 1. The summed E-state index contributed by atoms with van der Waals surface area (Å²) in [6.45, 7) is 0.285. The largest absolute Gasteiger partial charge is 0.490 e. The SMILES string of the molecule is [N-]=[N+]=NC[C@H]1Cc2cc(F)ccc2O1. The van der Waals surface area contributed by atoms with E-state index in [4.69, 9.17) is 10.3 Å². The van der Waals surface area contributed by atoms with Gasteiger partial charge < -0.3 is 4.74 Å². The van der Waals surface area contributed by atoms with E-state index in [9.17, 15) is 4.39 Å². The van der Waals surface area contributed by atoms with E-state index >= 15 is 0 Å². The molecule has 5 heteroatoms. The molecule has 0 spiro atoms. The van der Waals surface area contributed by atoms with Crippen LogP contribution in [0, 0.1) is 5.82 Å². The molecule has 0 saturated heterocycles. The van der Waals surface area contributed by atoms with Gasteiger partial charge in [-0.2, -0.15) is 0 Å². The van der Waals surface area contributed by atoms with Crippen LogP contribution in [0.1, 0.15) is 5.56 Å². The highest BCUT2D eigenvalue weighted by molar-refractivity contribution is 5.37. The summed E-state index contributed by atoms with van der Waals surface area (Å²) in [5.41, 5.74) is 8.97. The maximum atomic E-state index is 12.8. The van der Waals surface area contributed by atoms with Crippen molar-refractivity contribution in [3.05, 3.63) is 40.0 Å². The Bertz CT molecular complexity index is 401. The van der Waals surface area contributed by atoms with Gasteiger partial charge >= 0.3 is 0 Å². The fourth-order valence-electron chi connectivity index (χ4n) is 1.52. The van der Waals surface area contributed by atoms with Gasteiger partial charge in [0.05, 0.1) is 6.54 Å². The van der Waals surface area contributed by atoms with E-state index in [-0.39, 0.29) is 18.5 Å². The molecule has 1 aliphatic rings. The summed E-state index contributed by atoms with van der Waals surface area (Å²) in [5, 5.41) is 3.42. The Labute approximate surface area is 79.9 Å². The molecular weight excluding hydrogens is 185 g/mol. The number of fused-ring (bicyclic) bond motifs is 1. The maximum Gasteiger partial charge on any atom is 0.123 e. The molecule has 4 nitrogen and oxygen atoms in total. The van der Waals surface area contributed by atoms with Crippen molar-refractivity contribution in [2.24, 2.45) is 5.11 Å². The number of hydrogen-bond donors (Lipinski definition) is 0. The minimum absolute atomic E-state index is 0.150. The van der Waals surface area contributed by atoms with Gasteiger partial charge in [0.1, 0.15) is 17.7 Å². The minimum atomic E-state index is -0.267. The molecule has 0 N–H and O–H groups in total. The van der Waals surface area contributed by atoms with Crippen LogP contribution in [-0.4, -0.2) is 12.6 Å². The van der Waals surface area contributed by atoms with Gasteiger partial charge in [-0.1, -0.05) is 5.11 Å². The quantitative estimate of drug-likeness (QED) is 0.404. The Morgan fingerprint density at radius 2 is 2.50 bits per heavy atom. The first-order valence-corrected chi connectivity index (χ1v) is 4.25. The third-order valence-electron chi connectivity index (χ3n) is 2.11. The third-order valence-corrected chi connectivity index (χ3v) is 2.11. The van der Waals surface area contributed by atoms with Crippen molar-refractivity contribution in [3.63, 3.8) is 0 Å². The number of hydrogen-bond acceptors (Lipinski definition) is 2. The van der Waals surface area contributed by atoms with Crippen LogP contribution in [0.2, 0.25) is 0 Å². The van der Waals surface area contributed by atoms with Crippen LogP contribution < -0.4 is 4.74 Å². The second kappa shape index (κ2) is 3.55. The second-order valence-corrected chi connectivity index (χ2v) is 3.11. The first-order chi connectivity index (χ1) is 6.79. The van der Waals surface area contributed by atoms with E-state index in [1.165, 1.54) is 12.1 Å². The summed E-state index contributed by atoms with van der Waals surface area (Å²) in [6.07, 6.45) is 0.453. The van der Waals surface area contributed by atoms with Crippen LogP contribution in [0.4, 0.5) is 4.39 Å². The molecule has 1 heterocycles. The summed E-state index contributed by atoms with van der Waals surface area (Å²) < 4.78 is 18.2. The summed E-state index contributed by atoms with van der Waals surface area (Å²) in [7, 11) is 0. The van der Waals surface area contributed by atoms with Gasteiger partial charge in [-0.3, -0.25) is 0 Å². The maximum absolute atomic E-state index is 12.8. The summed E-state index contributed by atoms with van der Waals surface area (Å²) in [4.78, 5) is 2.65. The number of nitrogens with zero attached hydrogens (tertiary/aromatic N) is 3. The minimum Gasteiger partial charge on any atom is -0.490 e. The van der Waals surface area contributed by atoms with Gasteiger partial charge in [0.2, 0.25) is 0 Å². The Morgan fingerprint density at radius 1 is 1.64 bits per heavy atom. The van der Waals surface area contributed by atoms with Crippen molar-refractivity contribution in [2.45, 2.75) is 12.5 Å². The van der Waals surface area contributed by atoms with Gasteiger partial charge in [-0.15, -0.1) is 0 Å². The average Bonchev–Trinajstić information content (AvgIpc) is 2.56. The van der Waals surface area contributed by atoms with Crippen LogP contribution in [0.25, 0.3) is 10.4 Å². The molecule has 0 amide bonds. The van der Waals surface area contributed by atoms with Crippen molar-refractivity contribution in [3.8, 4) is 5.75 Å². The zero-order valence-electron chi connectivity index (χ0n) is 7.35. The Kier molecular flexibility index (Phi) is 2.24. The number of azide groups is 1. The Balaban J connectivity index is 2.13. The lowest BCUT2D eigenvalue weighted by Gasteiger charge is -2.05. The summed E-state index contributed by atoms with van der Waals surface area (Å²) in [6, 6.07) is 4.40. The highest BCUT2D eigenvalue weighted by atomic mass is 19.1. The van der Waals surface area contributed by atoms with Gasteiger partial charge in [-0.05, 0) is 23.7 Å². The molecule has 1 aliphatic heterocycles. The number of rotatable bonds is 2. The molecule has 2 rings (SSSR count). The molecule has 1 aromatic carbocycles. The normalized spacial score (nSPS) is 18.2. The first-order valence-electron chi connectivity index (χ1n) is 4.25. The van der Waals surface area contributed by atoms with Gasteiger partial charge in [-0.25, -0.2) is 4.39 Å². The van der Waals surface area contributed by atoms with Gasteiger partial charge in [0.15, 0.2) is 0 Å². The van der Waals surface area contributed by atoms with Crippen LogP contribution in [0.3, 0.4) is 0 Å². The predicted octanol–water partition coefficient (Wildman–Crippen LogP) is 2.44. The molecule has 0 saturated carbocycles. The number of benzene rings is 1. The van der Waals surface area contributed by atoms with Crippen LogP contribution in [-0.2, 0) is 6.42 Å². The van der Waals surface area contributed by atoms with Crippen LogP contribution >= 0.6 is 0 Å². The van der Waals surface area contributed by atoms with E-state index in [2.05, 4.69) is 10.0 Å². The van der Waals surface area contributed by atoms with E-state index in [1.807, 2.05) is 0 Å². The lowest BCUT2D eigenvalue weighted by Crippen LogP contribution is -2.16. The van der Waals surface area contributed by atoms with Gasteiger partial charge in [0, 0.05) is 16.9 Å². The molecule has 14 heavy (non-hydrogen) atoms. The molecular formula is C9H8FN3O. The molecule has 0 bridgehead atoms. The fraction of sp³-hybridized carbons (Fsp3) is 0.333. The predicted molar refractivity (Wildman–Crippen MR) is 48.5 cm³/mol. The monoisotopic (exact) mass is 193 g/mol.